The average molecular weight is 280 g/mol. The van der Waals surface area contributed by atoms with Gasteiger partial charge in [0.2, 0.25) is 0 Å². The van der Waals surface area contributed by atoms with Gasteiger partial charge in [-0.05, 0) is 20.3 Å². The van der Waals surface area contributed by atoms with Gasteiger partial charge in [0.15, 0.2) is 5.03 Å². The molecule has 2 N–H and O–H groups in total. The minimum atomic E-state index is -3.52. The van der Waals surface area contributed by atoms with E-state index in [4.69, 9.17) is 11.6 Å². The van der Waals surface area contributed by atoms with Crippen LogP contribution in [0.4, 0.5) is 0 Å². The normalized spacial score (nSPS) is 15.8. The molecule has 1 rings (SSSR count). The molecule has 0 radical (unpaired) electrons. The van der Waals surface area contributed by atoms with Gasteiger partial charge in [0.1, 0.15) is 5.82 Å². The number of H-pyrrole nitrogens is 1. The minimum Gasteiger partial charge on any atom is -0.332 e. The van der Waals surface area contributed by atoms with Gasteiger partial charge in [-0.3, -0.25) is 0 Å². The van der Waals surface area contributed by atoms with Crippen molar-refractivity contribution in [3.05, 3.63) is 12.0 Å². The van der Waals surface area contributed by atoms with Crippen molar-refractivity contribution in [1.82, 2.24) is 14.7 Å². The molecule has 0 aromatic carbocycles. The largest absolute Gasteiger partial charge is 0.332 e. The molecule has 0 spiro atoms. The maximum atomic E-state index is 11.9. The molecule has 0 aliphatic rings. The third-order valence-corrected chi connectivity index (χ3v) is 3.94. The molecule has 0 fully saturated rings. The van der Waals surface area contributed by atoms with Crippen LogP contribution in [-0.4, -0.2) is 29.8 Å². The number of sulfonamides is 1. The first kappa shape index (κ1) is 14.5. The molecule has 0 aliphatic heterocycles. The van der Waals surface area contributed by atoms with Crippen LogP contribution in [0.25, 0.3) is 0 Å². The summed E-state index contributed by atoms with van der Waals surface area (Å²) in [5.74, 6) is 0.656. The second kappa shape index (κ2) is 5.84. The van der Waals surface area contributed by atoms with E-state index in [0.717, 1.165) is 0 Å². The van der Waals surface area contributed by atoms with E-state index in [1.165, 1.54) is 6.20 Å². The maximum absolute atomic E-state index is 11.9. The fraction of sp³-hybridized carbons (Fsp3) is 0.700. The topological polar surface area (TPSA) is 74.8 Å². The molecule has 98 valence electrons. The fourth-order valence-electron chi connectivity index (χ4n) is 1.52. The second-order valence-electron chi connectivity index (χ2n) is 4.09. The summed E-state index contributed by atoms with van der Waals surface area (Å²) in [5.41, 5.74) is 0. The molecule has 0 aliphatic carbocycles. The molecule has 17 heavy (non-hydrogen) atoms. The van der Waals surface area contributed by atoms with Crippen LogP contribution in [0.15, 0.2) is 11.2 Å². The SMILES string of the molecule is CCc1ncc(S(=O)(=O)NC(C)CC(C)Cl)[nH]1. The molecule has 1 aromatic rings. The Morgan fingerprint density at radius 2 is 2.18 bits per heavy atom. The molecule has 1 heterocycles. The highest BCUT2D eigenvalue weighted by Gasteiger charge is 2.20. The van der Waals surface area contributed by atoms with E-state index in [9.17, 15) is 8.42 Å². The number of nitrogens with zero attached hydrogens (tertiary/aromatic N) is 1. The lowest BCUT2D eigenvalue weighted by atomic mass is 10.2. The zero-order valence-corrected chi connectivity index (χ0v) is 11.8. The Morgan fingerprint density at radius 3 is 2.65 bits per heavy atom. The number of imidazole rings is 1. The Kier molecular flexibility index (Phi) is 4.97. The summed E-state index contributed by atoms with van der Waals surface area (Å²) in [6.45, 7) is 5.52. The van der Waals surface area contributed by atoms with E-state index >= 15 is 0 Å². The quantitative estimate of drug-likeness (QED) is 0.778. The summed E-state index contributed by atoms with van der Waals surface area (Å²) < 4.78 is 26.4. The molecule has 0 amide bonds. The molecular weight excluding hydrogens is 262 g/mol. The molecule has 2 unspecified atom stereocenters. The van der Waals surface area contributed by atoms with Crippen LogP contribution in [0.5, 0.6) is 0 Å². The van der Waals surface area contributed by atoms with E-state index < -0.39 is 10.0 Å². The molecule has 7 heteroatoms. The van der Waals surface area contributed by atoms with Crippen LogP contribution in [0.2, 0.25) is 0 Å². The third-order valence-electron chi connectivity index (χ3n) is 2.26. The first-order valence-electron chi connectivity index (χ1n) is 5.55. The van der Waals surface area contributed by atoms with Gasteiger partial charge in [-0.2, -0.15) is 0 Å². The van der Waals surface area contributed by atoms with Crippen LogP contribution >= 0.6 is 11.6 Å². The van der Waals surface area contributed by atoms with Crippen LogP contribution in [0.1, 0.15) is 33.0 Å². The molecule has 0 saturated carbocycles. The second-order valence-corrected chi connectivity index (χ2v) is 6.51. The molecule has 5 nitrogen and oxygen atoms in total. The Morgan fingerprint density at radius 1 is 1.53 bits per heavy atom. The van der Waals surface area contributed by atoms with Gasteiger partial charge in [0.25, 0.3) is 10.0 Å². The van der Waals surface area contributed by atoms with E-state index in [-0.39, 0.29) is 16.4 Å². The monoisotopic (exact) mass is 279 g/mol. The van der Waals surface area contributed by atoms with Crippen molar-refractivity contribution in [2.75, 3.05) is 0 Å². The van der Waals surface area contributed by atoms with E-state index in [2.05, 4.69) is 14.7 Å². The number of hydrogen-bond donors (Lipinski definition) is 2. The van der Waals surface area contributed by atoms with Gasteiger partial charge in [0, 0.05) is 17.8 Å². The summed E-state index contributed by atoms with van der Waals surface area (Å²) in [5, 5.41) is 0.0316. The van der Waals surface area contributed by atoms with E-state index in [1.807, 2.05) is 13.8 Å². The molecule has 2 atom stereocenters. The van der Waals surface area contributed by atoms with E-state index in [0.29, 0.717) is 18.7 Å². The number of rotatable bonds is 6. The Labute approximate surface area is 107 Å². The molecular formula is C10H18ClN3O2S. The zero-order valence-electron chi connectivity index (χ0n) is 10.2. The van der Waals surface area contributed by atoms with Crippen molar-refractivity contribution in [3.63, 3.8) is 0 Å². The highest BCUT2D eigenvalue weighted by Crippen LogP contribution is 2.10. The van der Waals surface area contributed by atoms with Crippen LogP contribution in [0.3, 0.4) is 0 Å². The predicted molar refractivity (Wildman–Crippen MR) is 67.7 cm³/mol. The highest BCUT2D eigenvalue weighted by molar-refractivity contribution is 7.89. The van der Waals surface area contributed by atoms with Crippen molar-refractivity contribution in [1.29, 1.82) is 0 Å². The number of aromatic amines is 1. The van der Waals surface area contributed by atoms with Crippen molar-refractivity contribution in [2.45, 2.75) is 50.1 Å². The first-order chi connectivity index (χ1) is 7.85. The molecule has 1 aromatic heterocycles. The summed E-state index contributed by atoms with van der Waals surface area (Å²) in [6, 6.07) is -0.208. The lowest BCUT2D eigenvalue weighted by Gasteiger charge is -2.14. The van der Waals surface area contributed by atoms with Gasteiger partial charge >= 0.3 is 0 Å². The van der Waals surface area contributed by atoms with Crippen LogP contribution in [0, 0.1) is 0 Å². The highest BCUT2D eigenvalue weighted by atomic mass is 35.5. The lowest BCUT2D eigenvalue weighted by molar-refractivity contribution is 0.543. The van der Waals surface area contributed by atoms with Gasteiger partial charge in [0.05, 0.1) is 6.20 Å². The summed E-state index contributed by atoms with van der Waals surface area (Å²) in [6.07, 6.45) is 2.58. The maximum Gasteiger partial charge on any atom is 0.257 e. The smallest absolute Gasteiger partial charge is 0.257 e. The summed E-state index contributed by atoms with van der Waals surface area (Å²) in [4.78, 5) is 6.74. The number of aromatic nitrogens is 2. The van der Waals surface area contributed by atoms with Gasteiger partial charge in [-0.25, -0.2) is 18.1 Å². The number of halogens is 1. The number of alkyl halides is 1. The summed E-state index contributed by atoms with van der Waals surface area (Å²) in [7, 11) is -3.52. The van der Waals surface area contributed by atoms with Crippen molar-refractivity contribution in [2.24, 2.45) is 0 Å². The van der Waals surface area contributed by atoms with Gasteiger partial charge in [-0.15, -0.1) is 11.6 Å². The van der Waals surface area contributed by atoms with Gasteiger partial charge in [-0.1, -0.05) is 6.92 Å². The Balaban J connectivity index is 2.74. The van der Waals surface area contributed by atoms with Crippen molar-refractivity contribution in [3.8, 4) is 0 Å². The van der Waals surface area contributed by atoms with Crippen molar-refractivity contribution >= 4 is 21.6 Å². The van der Waals surface area contributed by atoms with E-state index in [1.54, 1.807) is 6.92 Å². The number of hydrogen-bond acceptors (Lipinski definition) is 3. The van der Waals surface area contributed by atoms with Crippen molar-refractivity contribution < 1.29 is 8.42 Å². The van der Waals surface area contributed by atoms with Crippen LogP contribution < -0.4 is 4.72 Å². The molecule has 0 saturated heterocycles. The van der Waals surface area contributed by atoms with Crippen LogP contribution in [-0.2, 0) is 16.4 Å². The Bertz CT molecular complexity index is 456. The zero-order chi connectivity index (χ0) is 13.1. The number of nitrogens with one attached hydrogen (secondary N) is 2. The Hall–Kier alpha value is -0.590. The standard InChI is InChI=1S/C10H18ClN3O2S/c1-4-9-12-6-10(13-9)17(15,16)14-8(3)5-7(2)11/h6-8,14H,4-5H2,1-3H3,(H,12,13). The average Bonchev–Trinajstić information content (AvgIpc) is 2.63. The first-order valence-corrected chi connectivity index (χ1v) is 7.47. The lowest BCUT2D eigenvalue weighted by Crippen LogP contribution is -2.34. The third kappa shape index (κ3) is 4.29. The summed E-state index contributed by atoms with van der Waals surface area (Å²) >= 11 is 5.82. The van der Waals surface area contributed by atoms with Gasteiger partial charge < -0.3 is 4.98 Å². The predicted octanol–water partition coefficient (Wildman–Crippen LogP) is 1.66. The fourth-order valence-corrected chi connectivity index (χ4v) is 2.99. The number of aryl methyl sites for hydroxylation is 1. The minimum absolute atomic E-state index is 0.0688. The molecule has 0 bridgehead atoms.